The number of benzene rings is 2. The average molecular weight is 283 g/mol. The van der Waals surface area contributed by atoms with E-state index in [9.17, 15) is 0 Å². The molecule has 3 nitrogen and oxygen atoms in total. The molecule has 0 atom stereocenters. The number of thiocarbonyl (C=S) groups is 1. The van der Waals surface area contributed by atoms with Crippen molar-refractivity contribution in [1.82, 2.24) is 0 Å². The molecule has 0 aliphatic rings. The summed E-state index contributed by atoms with van der Waals surface area (Å²) in [4.78, 5) is 0.706. The van der Waals surface area contributed by atoms with Crippen molar-refractivity contribution < 1.29 is 0 Å². The van der Waals surface area contributed by atoms with Crippen LogP contribution >= 0.6 is 12.2 Å². The first-order valence-electron chi connectivity index (χ1n) is 6.33. The Hall–Kier alpha value is -2.20. The zero-order chi connectivity index (χ0) is 14.5. The van der Waals surface area contributed by atoms with E-state index in [2.05, 4.69) is 10.4 Å². The van der Waals surface area contributed by atoms with Crippen LogP contribution in [0, 0.1) is 6.92 Å². The van der Waals surface area contributed by atoms with Crippen LogP contribution in [0.2, 0.25) is 0 Å². The van der Waals surface area contributed by atoms with Crippen LogP contribution in [-0.2, 0) is 0 Å². The van der Waals surface area contributed by atoms with E-state index in [0.29, 0.717) is 4.99 Å². The molecule has 102 valence electrons. The van der Waals surface area contributed by atoms with E-state index < -0.39 is 0 Å². The maximum atomic E-state index is 5.60. The number of aryl methyl sites for hydroxylation is 1. The van der Waals surface area contributed by atoms with Crippen molar-refractivity contribution >= 4 is 28.6 Å². The first-order chi connectivity index (χ1) is 9.61. The molecule has 0 bridgehead atoms. The third-order valence-electron chi connectivity index (χ3n) is 2.95. The van der Waals surface area contributed by atoms with Crippen LogP contribution in [0.25, 0.3) is 0 Å². The maximum absolute atomic E-state index is 5.60. The molecular weight excluding hydrogens is 266 g/mol. The predicted octanol–water partition coefficient (Wildman–Crippen LogP) is 3.47. The summed E-state index contributed by atoms with van der Waals surface area (Å²) in [6.45, 7) is 3.89. The van der Waals surface area contributed by atoms with Crippen molar-refractivity contribution in [1.29, 1.82) is 0 Å². The number of nitrogens with zero attached hydrogens (tertiary/aromatic N) is 1. The Morgan fingerprint density at radius 2 is 1.75 bits per heavy atom. The Bertz CT molecular complexity index is 645. The van der Waals surface area contributed by atoms with Crippen LogP contribution in [0.5, 0.6) is 0 Å². The Morgan fingerprint density at radius 3 is 2.35 bits per heavy atom. The fraction of sp³-hybridized carbons (Fsp3) is 0.125. The summed E-state index contributed by atoms with van der Waals surface area (Å²) < 4.78 is 0. The van der Waals surface area contributed by atoms with Gasteiger partial charge in [0.2, 0.25) is 0 Å². The summed E-state index contributed by atoms with van der Waals surface area (Å²) in [5.41, 5.74) is 4.76. The van der Waals surface area contributed by atoms with Gasteiger partial charge in [0.05, 0.1) is 10.7 Å². The number of hydrogen-bond acceptors (Lipinski definition) is 3. The second-order valence-corrected chi connectivity index (χ2v) is 5.18. The second kappa shape index (κ2) is 6.30. The summed E-state index contributed by atoms with van der Waals surface area (Å²) in [6.07, 6.45) is 0. The number of hydrogen-bond donors (Lipinski definition) is 2. The van der Waals surface area contributed by atoms with E-state index in [0.717, 1.165) is 22.5 Å². The normalized spacial score (nSPS) is 11.2. The Morgan fingerprint density at radius 1 is 1.10 bits per heavy atom. The number of nitrogens with one attached hydrogen (secondary N) is 1. The molecule has 0 aliphatic carbocycles. The molecule has 0 saturated carbocycles. The second-order valence-electron chi connectivity index (χ2n) is 4.57. The van der Waals surface area contributed by atoms with Crippen LogP contribution in [0.1, 0.15) is 23.6 Å². The maximum Gasteiger partial charge on any atom is 0.0992 e. The SMILES string of the molecule is CC(=S)Nc1ccccc1/C(=N\N)c1ccc(C)cc1. The predicted molar refractivity (Wildman–Crippen MR) is 89.3 cm³/mol. The Labute approximate surface area is 124 Å². The van der Waals surface area contributed by atoms with Gasteiger partial charge in [0.25, 0.3) is 0 Å². The van der Waals surface area contributed by atoms with Gasteiger partial charge in [0.1, 0.15) is 0 Å². The molecule has 4 heteroatoms. The number of hydrazone groups is 1. The summed E-state index contributed by atoms with van der Waals surface area (Å²) in [5, 5.41) is 7.12. The molecule has 3 N–H and O–H groups in total. The standard InChI is InChI=1S/C16H17N3S/c1-11-7-9-13(10-8-11)16(19-17)14-5-3-4-6-15(14)18-12(2)20/h3-10H,17H2,1-2H3,(H,18,20)/b19-16-. The van der Waals surface area contributed by atoms with E-state index in [-0.39, 0.29) is 0 Å². The topological polar surface area (TPSA) is 50.4 Å². The van der Waals surface area contributed by atoms with E-state index in [1.165, 1.54) is 5.56 Å². The van der Waals surface area contributed by atoms with Crippen LogP contribution in [0.15, 0.2) is 53.6 Å². The van der Waals surface area contributed by atoms with Crippen molar-refractivity contribution in [2.24, 2.45) is 10.9 Å². The molecule has 0 heterocycles. The largest absolute Gasteiger partial charge is 0.350 e. The van der Waals surface area contributed by atoms with Crippen molar-refractivity contribution in [3.8, 4) is 0 Å². The summed E-state index contributed by atoms with van der Waals surface area (Å²) in [6, 6.07) is 16.0. The van der Waals surface area contributed by atoms with Crippen molar-refractivity contribution in [3.05, 3.63) is 65.2 Å². The van der Waals surface area contributed by atoms with Crippen molar-refractivity contribution in [2.75, 3.05) is 5.32 Å². The van der Waals surface area contributed by atoms with Gasteiger partial charge >= 0.3 is 0 Å². The molecule has 0 aromatic heterocycles. The van der Waals surface area contributed by atoms with E-state index in [4.69, 9.17) is 18.1 Å². The molecule has 2 rings (SSSR count). The molecule has 0 radical (unpaired) electrons. The highest BCUT2D eigenvalue weighted by atomic mass is 32.1. The van der Waals surface area contributed by atoms with Crippen LogP contribution in [-0.4, -0.2) is 10.7 Å². The van der Waals surface area contributed by atoms with E-state index >= 15 is 0 Å². The third-order valence-corrected chi connectivity index (χ3v) is 3.05. The number of nitrogens with two attached hydrogens (primary N) is 1. The molecule has 0 spiro atoms. The lowest BCUT2D eigenvalue weighted by atomic mass is 10.00. The van der Waals surface area contributed by atoms with E-state index in [1.807, 2.05) is 62.4 Å². The van der Waals surface area contributed by atoms with Crippen LogP contribution < -0.4 is 11.2 Å². The highest BCUT2D eigenvalue weighted by molar-refractivity contribution is 7.80. The zero-order valence-corrected chi connectivity index (χ0v) is 12.4. The zero-order valence-electron chi connectivity index (χ0n) is 11.6. The quantitative estimate of drug-likeness (QED) is 0.392. The molecule has 0 aliphatic heterocycles. The molecule has 20 heavy (non-hydrogen) atoms. The fourth-order valence-corrected chi connectivity index (χ4v) is 2.11. The first-order valence-corrected chi connectivity index (χ1v) is 6.74. The van der Waals surface area contributed by atoms with Crippen LogP contribution in [0.4, 0.5) is 5.69 Å². The minimum Gasteiger partial charge on any atom is -0.350 e. The van der Waals surface area contributed by atoms with Gasteiger partial charge in [-0.25, -0.2) is 0 Å². The summed E-state index contributed by atoms with van der Waals surface area (Å²) in [7, 11) is 0. The monoisotopic (exact) mass is 283 g/mol. The Kier molecular flexibility index (Phi) is 4.48. The lowest BCUT2D eigenvalue weighted by molar-refractivity contribution is 1.24. The van der Waals surface area contributed by atoms with Gasteiger partial charge in [0.15, 0.2) is 0 Å². The first kappa shape index (κ1) is 14.2. The van der Waals surface area contributed by atoms with Gasteiger partial charge in [-0.1, -0.05) is 60.2 Å². The average Bonchev–Trinajstić information content (AvgIpc) is 2.43. The highest BCUT2D eigenvalue weighted by Gasteiger charge is 2.11. The van der Waals surface area contributed by atoms with Gasteiger partial charge in [-0.3, -0.25) is 0 Å². The van der Waals surface area contributed by atoms with Gasteiger partial charge in [-0.2, -0.15) is 5.10 Å². The molecular formula is C16H17N3S. The Balaban J connectivity index is 2.47. The van der Waals surface area contributed by atoms with Crippen LogP contribution in [0.3, 0.4) is 0 Å². The number of anilines is 1. The summed E-state index contributed by atoms with van der Waals surface area (Å²) in [5.74, 6) is 5.60. The van der Waals surface area contributed by atoms with E-state index in [1.54, 1.807) is 0 Å². The van der Waals surface area contributed by atoms with Gasteiger partial charge in [-0.15, -0.1) is 0 Å². The highest BCUT2D eigenvalue weighted by Crippen LogP contribution is 2.20. The third kappa shape index (κ3) is 3.22. The molecule has 2 aromatic rings. The van der Waals surface area contributed by atoms with Gasteiger partial charge in [0, 0.05) is 16.8 Å². The number of rotatable bonds is 3. The van der Waals surface area contributed by atoms with Crippen molar-refractivity contribution in [3.63, 3.8) is 0 Å². The summed E-state index contributed by atoms with van der Waals surface area (Å²) >= 11 is 5.11. The molecule has 0 saturated heterocycles. The number of para-hydroxylation sites is 1. The van der Waals surface area contributed by atoms with Gasteiger partial charge in [-0.05, 0) is 19.9 Å². The van der Waals surface area contributed by atoms with Gasteiger partial charge < -0.3 is 11.2 Å². The molecule has 0 amide bonds. The molecule has 0 fully saturated rings. The molecule has 2 aromatic carbocycles. The lowest BCUT2D eigenvalue weighted by Crippen LogP contribution is -2.12. The lowest BCUT2D eigenvalue weighted by Gasteiger charge is -2.13. The molecule has 0 unspecified atom stereocenters. The fourth-order valence-electron chi connectivity index (χ4n) is 2.00. The minimum absolute atomic E-state index is 0.706. The smallest absolute Gasteiger partial charge is 0.0992 e. The minimum atomic E-state index is 0.706. The van der Waals surface area contributed by atoms with Crippen molar-refractivity contribution in [2.45, 2.75) is 13.8 Å².